The summed E-state index contributed by atoms with van der Waals surface area (Å²) in [5, 5.41) is 15.6. The van der Waals surface area contributed by atoms with Crippen molar-refractivity contribution in [2.24, 2.45) is 5.10 Å². The van der Waals surface area contributed by atoms with E-state index >= 15 is 0 Å². The summed E-state index contributed by atoms with van der Waals surface area (Å²) in [7, 11) is 1.43. The molecule has 2 aromatic rings. The highest BCUT2D eigenvalue weighted by atomic mass is 35.5. The standard InChI is InChI=1S/C16H14ClN3O4/c1-24-14-7-4-11(17)8-13(14)19-15(22)16(23)20-18-9-10-2-5-12(21)6-3-10/h2-9,21H,1H3,(H,19,22)(H,20,23)/b18-9-. The predicted molar refractivity (Wildman–Crippen MR) is 90.5 cm³/mol. The number of hydrogen-bond donors (Lipinski definition) is 3. The zero-order valence-electron chi connectivity index (χ0n) is 12.6. The molecule has 0 aliphatic rings. The maximum absolute atomic E-state index is 11.9. The van der Waals surface area contributed by atoms with Gasteiger partial charge in [-0.15, -0.1) is 0 Å². The van der Waals surface area contributed by atoms with Crippen LogP contribution in [0.5, 0.6) is 11.5 Å². The Labute approximate surface area is 142 Å². The number of anilines is 1. The number of rotatable bonds is 4. The fraction of sp³-hybridized carbons (Fsp3) is 0.0625. The number of carbonyl (C=O) groups excluding carboxylic acids is 2. The molecule has 8 heteroatoms. The second-order valence-electron chi connectivity index (χ2n) is 4.59. The molecule has 2 rings (SSSR count). The van der Waals surface area contributed by atoms with E-state index in [1.54, 1.807) is 24.3 Å². The molecule has 0 unspecified atom stereocenters. The fourth-order valence-electron chi connectivity index (χ4n) is 1.73. The molecule has 124 valence electrons. The van der Waals surface area contributed by atoms with E-state index in [0.29, 0.717) is 16.3 Å². The summed E-state index contributed by atoms with van der Waals surface area (Å²) in [5.41, 5.74) is 3.01. The molecule has 0 saturated heterocycles. The zero-order chi connectivity index (χ0) is 17.5. The second kappa shape index (κ2) is 7.98. The Morgan fingerprint density at radius 2 is 1.88 bits per heavy atom. The van der Waals surface area contributed by atoms with Crippen LogP contribution in [0.25, 0.3) is 0 Å². The Balaban J connectivity index is 1.96. The minimum absolute atomic E-state index is 0.117. The van der Waals surface area contributed by atoms with Crippen molar-refractivity contribution in [3.05, 3.63) is 53.1 Å². The molecule has 0 bridgehead atoms. The average molecular weight is 348 g/mol. The van der Waals surface area contributed by atoms with E-state index < -0.39 is 11.8 Å². The summed E-state index contributed by atoms with van der Waals surface area (Å²) < 4.78 is 5.07. The Kier molecular flexibility index (Phi) is 5.75. The molecule has 0 aliphatic carbocycles. The monoisotopic (exact) mass is 347 g/mol. The number of halogens is 1. The van der Waals surface area contributed by atoms with E-state index in [2.05, 4.69) is 15.8 Å². The van der Waals surface area contributed by atoms with Gasteiger partial charge in [0.05, 0.1) is 19.0 Å². The molecule has 0 spiro atoms. The van der Waals surface area contributed by atoms with Gasteiger partial charge < -0.3 is 15.2 Å². The predicted octanol–water partition coefficient (Wildman–Crippen LogP) is 2.14. The van der Waals surface area contributed by atoms with Gasteiger partial charge in [-0.05, 0) is 48.0 Å². The van der Waals surface area contributed by atoms with Crippen LogP contribution in [-0.4, -0.2) is 30.2 Å². The number of ether oxygens (including phenoxy) is 1. The van der Waals surface area contributed by atoms with Crippen molar-refractivity contribution in [1.82, 2.24) is 5.43 Å². The topological polar surface area (TPSA) is 100 Å². The number of phenols is 1. The number of carbonyl (C=O) groups is 2. The van der Waals surface area contributed by atoms with E-state index in [1.165, 1.54) is 31.5 Å². The number of nitrogens with zero attached hydrogens (tertiary/aromatic N) is 1. The first-order valence-corrected chi connectivity index (χ1v) is 7.14. The lowest BCUT2D eigenvalue weighted by atomic mass is 10.2. The highest BCUT2D eigenvalue weighted by Crippen LogP contribution is 2.27. The van der Waals surface area contributed by atoms with Gasteiger partial charge in [-0.1, -0.05) is 11.6 Å². The molecule has 7 nitrogen and oxygen atoms in total. The van der Waals surface area contributed by atoms with Crippen molar-refractivity contribution < 1.29 is 19.4 Å². The third-order valence-electron chi connectivity index (χ3n) is 2.89. The molecule has 0 heterocycles. The number of aromatic hydroxyl groups is 1. The van der Waals surface area contributed by atoms with Gasteiger partial charge in [-0.25, -0.2) is 5.43 Å². The van der Waals surface area contributed by atoms with E-state index in [0.717, 1.165) is 0 Å². The van der Waals surface area contributed by atoms with Gasteiger partial charge in [0, 0.05) is 5.02 Å². The lowest BCUT2D eigenvalue weighted by molar-refractivity contribution is -0.136. The van der Waals surface area contributed by atoms with Crippen molar-refractivity contribution in [2.45, 2.75) is 0 Å². The molecule has 0 aliphatic heterocycles. The number of methoxy groups -OCH3 is 1. The van der Waals surface area contributed by atoms with Crippen molar-refractivity contribution in [2.75, 3.05) is 12.4 Å². The Morgan fingerprint density at radius 3 is 2.54 bits per heavy atom. The summed E-state index contributed by atoms with van der Waals surface area (Å²) in [6.45, 7) is 0. The summed E-state index contributed by atoms with van der Waals surface area (Å²) in [6.07, 6.45) is 1.34. The summed E-state index contributed by atoms with van der Waals surface area (Å²) in [5.74, 6) is -1.38. The number of nitrogens with one attached hydrogen (secondary N) is 2. The molecule has 0 saturated carbocycles. The molecule has 3 N–H and O–H groups in total. The van der Waals surface area contributed by atoms with E-state index in [9.17, 15) is 9.59 Å². The van der Waals surface area contributed by atoms with Crippen LogP contribution in [0.15, 0.2) is 47.6 Å². The zero-order valence-corrected chi connectivity index (χ0v) is 13.4. The van der Waals surface area contributed by atoms with Crippen molar-refractivity contribution in [3.8, 4) is 11.5 Å². The lowest BCUT2D eigenvalue weighted by Crippen LogP contribution is -2.32. The highest BCUT2D eigenvalue weighted by molar-refractivity contribution is 6.40. The highest BCUT2D eigenvalue weighted by Gasteiger charge is 2.15. The van der Waals surface area contributed by atoms with Crippen LogP contribution in [0.3, 0.4) is 0 Å². The summed E-state index contributed by atoms with van der Waals surface area (Å²) >= 11 is 5.85. The van der Waals surface area contributed by atoms with Crippen LogP contribution in [0.1, 0.15) is 5.56 Å². The minimum atomic E-state index is -0.952. The van der Waals surface area contributed by atoms with E-state index in [-0.39, 0.29) is 11.4 Å². The van der Waals surface area contributed by atoms with E-state index in [1.807, 2.05) is 0 Å². The quantitative estimate of drug-likeness (QED) is 0.448. The Morgan fingerprint density at radius 1 is 1.17 bits per heavy atom. The number of amides is 2. The summed E-state index contributed by atoms with van der Waals surface area (Å²) in [4.78, 5) is 23.6. The van der Waals surface area contributed by atoms with Crippen LogP contribution in [-0.2, 0) is 9.59 Å². The SMILES string of the molecule is COc1ccc(Cl)cc1NC(=O)C(=O)N/N=C\c1ccc(O)cc1. The number of hydrazone groups is 1. The number of benzene rings is 2. The van der Waals surface area contributed by atoms with Crippen LogP contribution in [0.4, 0.5) is 5.69 Å². The first-order valence-electron chi connectivity index (χ1n) is 6.76. The number of hydrogen-bond acceptors (Lipinski definition) is 5. The number of phenolic OH excluding ortho intramolecular Hbond substituents is 1. The fourth-order valence-corrected chi connectivity index (χ4v) is 1.91. The van der Waals surface area contributed by atoms with Crippen molar-refractivity contribution in [1.29, 1.82) is 0 Å². The lowest BCUT2D eigenvalue weighted by Gasteiger charge is -2.09. The molecule has 0 aromatic heterocycles. The molecule has 2 aromatic carbocycles. The third-order valence-corrected chi connectivity index (χ3v) is 3.12. The van der Waals surface area contributed by atoms with Gasteiger partial charge >= 0.3 is 11.8 Å². The van der Waals surface area contributed by atoms with Gasteiger partial charge in [-0.2, -0.15) is 5.10 Å². The molecule has 0 atom stereocenters. The normalized spacial score (nSPS) is 10.4. The first-order chi connectivity index (χ1) is 11.5. The summed E-state index contributed by atoms with van der Waals surface area (Å²) in [6, 6.07) is 10.8. The smallest absolute Gasteiger partial charge is 0.329 e. The minimum Gasteiger partial charge on any atom is -0.508 e. The van der Waals surface area contributed by atoms with Crippen LogP contribution >= 0.6 is 11.6 Å². The largest absolute Gasteiger partial charge is 0.508 e. The maximum atomic E-state index is 11.9. The van der Waals surface area contributed by atoms with Crippen molar-refractivity contribution in [3.63, 3.8) is 0 Å². The van der Waals surface area contributed by atoms with E-state index in [4.69, 9.17) is 21.4 Å². The van der Waals surface area contributed by atoms with Gasteiger partial charge in [0.2, 0.25) is 0 Å². The first kappa shape index (κ1) is 17.3. The van der Waals surface area contributed by atoms with Crippen molar-refractivity contribution >= 4 is 35.3 Å². The molecular weight excluding hydrogens is 334 g/mol. The second-order valence-corrected chi connectivity index (χ2v) is 5.03. The van der Waals surface area contributed by atoms with Gasteiger partial charge in [-0.3, -0.25) is 9.59 Å². The van der Waals surface area contributed by atoms with Gasteiger partial charge in [0.15, 0.2) is 0 Å². The molecule has 2 amide bonds. The Hall–Kier alpha value is -3.06. The van der Waals surface area contributed by atoms with Crippen LogP contribution in [0.2, 0.25) is 5.02 Å². The van der Waals surface area contributed by atoms with Gasteiger partial charge in [0.25, 0.3) is 0 Å². The molecule has 0 fully saturated rings. The third kappa shape index (κ3) is 4.72. The molecule has 0 radical (unpaired) electrons. The molecular formula is C16H14ClN3O4. The van der Waals surface area contributed by atoms with Gasteiger partial charge in [0.1, 0.15) is 11.5 Å². The Bertz CT molecular complexity index is 775. The average Bonchev–Trinajstić information content (AvgIpc) is 2.56. The maximum Gasteiger partial charge on any atom is 0.329 e. The molecule has 24 heavy (non-hydrogen) atoms. The van der Waals surface area contributed by atoms with Crippen LogP contribution in [0, 0.1) is 0 Å². The van der Waals surface area contributed by atoms with Crippen LogP contribution < -0.4 is 15.5 Å².